The lowest BCUT2D eigenvalue weighted by atomic mass is 9.68. The van der Waals surface area contributed by atoms with Gasteiger partial charge in [0.2, 0.25) is 0 Å². The minimum Gasteiger partial charge on any atom is -0.381 e. The maximum atomic E-state index is 5.76. The van der Waals surface area contributed by atoms with Crippen LogP contribution in [-0.2, 0) is 4.74 Å². The zero-order valence-electron chi connectivity index (χ0n) is 10.5. The Morgan fingerprint density at radius 1 is 1.00 bits per heavy atom. The lowest BCUT2D eigenvalue weighted by Gasteiger charge is -2.42. The van der Waals surface area contributed by atoms with Gasteiger partial charge in [-0.15, -0.1) is 0 Å². The highest BCUT2D eigenvalue weighted by atomic mass is 16.5. The monoisotopic (exact) mass is 198 g/mol. The fourth-order valence-corrected chi connectivity index (χ4v) is 3.39. The minimum atomic E-state index is 0.449. The molecule has 0 amide bonds. The van der Waals surface area contributed by atoms with Crippen molar-refractivity contribution in [3.8, 4) is 0 Å². The van der Waals surface area contributed by atoms with Gasteiger partial charge in [-0.1, -0.05) is 40.5 Å². The summed E-state index contributed by atoms with van der Waals surface area (Å²) in [7, 11) is 1.88. The van der Waals surface area contributed by atoms with E-state index in [0.717, 1.165) is 5.92 Å². The third kappa shape index (κ3) is 1.98. The Morgan fingerprint density at radius 2 is 1.50 bits per heavy atom. The van der Waals surface area contributed by atoms with Gasteiger partial charge < -0.3 is 4.74 Å². The predicted molar refractivity (Wildman–Crippen MR) is 61.4 cm³/mol. The van der Waals surface area contributed by atoms with E-state index in [1.54, 1.807) is 0 Å². The van der Waals surface area contributed by atoms with Gasteiger partial charge in [0.15, 0.2) is 0 Å². The van der Waals surface area contributed by atoms with Crippen molar-refractivity contribution in [2.45, 2.75) is 59.5 Å². The minimum absolute atomic E-state index is 0.449. The Morgan fingerprint density at radius 3 is 1.79 bits per heavy atom. The molecule has 1 heteroatoms. The average molecular weight is 198 g/mol. The molecule has 14 heavy (non-hydrogen) atoms. The molecule has 0 heterocycles. The van der Waals surface area contributed by atoms with E-state index in [9.17, 15) is 0 Å². The van der Waals surface area contributed by atoms with Crippen LogP contribution in [0.1, 0.15) is 53.4 Å². The summed E-state index contributed by atoms with van der Waals surface area (Å²) in [6.07, 6.45) is 5.96. The Bertz CT molecular complexity index is 166. The largest absolute Gasteiger partial charge is 0.381 e. The van der Waals surface area contributed by atoms with Crippen molar-refractivity contribution < 1.29 is 4.74 Å². The first-order valence-electron chi connectivity index (χ1n) is 6.07. The first-order valence-corrected chi connectivity index (χ1v) is 6.07. The molecular formula is C13H26O. The highest BCUT2D eigenvalue weighted by molar-refractivity contribution is 4.94. The number of hydrogen-bond acceptors (Lipinski definition) is 1. The van der Waals surface area contributed by atoms with Crippen LogP contribution in [0.25, 0.3) is 0 Å². The first kappa shape index (κ1) is 12.0. The fraction of sp³-hybridized carbons (Fsp3) is 1.00. The number of methoxy groups -OCH3 is 1. The van der Waals surface area contributed by atoms with Gasteiger partial charge in [-0.3, -0.25) is 0 Å². The normalized spacial score (nSPS) is 23.4. The molecule has 1 nitrogen and oxygen atoms in total. The van der Waals surface area contributed by atoms with Gasteiger partial charge in [0, 0.05) is 7.11 Å². The number of ether oxygens (including phenoxy) is 1. The van der Waals surface area contributed by atoms with Crippen molar-refractivity contribution >= 4 is 0 Å². The highest BCUT2D eigenvalue weighted by Crippen LogP contribution is 2.49. The summed E-state index contributed by atoms with van der Waals surface area (Å²) in [5.74, 6) is 1.39. The van der Waals surface area contributed by atoms with Crippen LogP contribution in [-0.4, -0.2) is 13.2 Å². The summed E-state index contributed by atoms with van der Waals surface area (Å²) in [6.45, 7) is 9.30. The van der Waals surface area contributed by atoms with Crippen LogP contribution in [0.5, 0.6) is 0 Å². The molecule has 0 aromatic heterocycles. The predicted octanol–water partition coefficient (Wildman–Crippen LogP) is 3.87. The first-order chi connectivity index (χ1) is 6.54. The van der Waals surface area contributed by atoms with Gasteiger partial charge in [0.05, 0.1) is 6.10 Å². The summed E-state index contributed by atoms with van der Waals surface area (Å²) in [6, 6.07) is 0. The molecule has 1 fully saturated rings. The Kier molecular flexibility index (Phi) is 4.00. The van der Waals surface area contributed by atoms with Crippen molar-refractivity contribution in [2.75, 3.05) is 7.11 Å². The van der Waals surface area contributed by atoms with Gasteiger partial charge >= 0.3 is 0 Å². The van der Waals surface area contributed by atoms with Crippen LogP contribution in [0.3, 0.4) is 0 Å². The van der Waals surface area contributed by atoms with Crippen molar-refractivity contribution in [1.82, 2.24) is 0 Å². The third-order valence-corrected chi connectivity index (χ3v) is 4.11. The molecule has 1 unspecified atom stereocenters. The van der Waals surface area contributed by atoms with E-state index in [-0.39, 0.29) is 0 Å². The van der Waals surface area contributed by atoms with E-state index in [2.05, 4.69) is 27.7 Å². The molecular weight excluding hydrogens is 172 g/mol. The van der Waals surface area contributed by atoms with Gasteiger partial charge in [0.1, 0.15) is 0 Å². The lowest BCUT2D eigenvalue weighted by Crippen LogP contribution is -2.42. The van der Waals surface area contributed by atoms with Crippen molar-refractivity contribution in [3.05, 3.63) is 0 Å². The van der Waals surface area contributed by atoms with Crippen LogP contribution in [0.4, 0.5) is 0 Å². The number of hydrogen-bond donors (Lipinski definition) is 0. The summed E-state index contributed by atoms with van der Waals surface area (Å²) in [4.78, 5) is 0. The summed E-state index contributed by atoms with van der Waals surface area (Å²) < 4.78 is 5.76. The molecule has 0 N–H and O–H groups in total. The van der Waals surface area contributed by atoms with Crippen LogP contribution in [0.15, 0.2) is 0 Å². The molecule has 1 saturated carbocycles. The smallest absolute Gasteiger partial charge is 0.0652 e. The van der Waals surface area contributed by atoms with E-state index < -0.39 is 0 Å². The third-order valence-electron chi connectivity index (χ3n) is 4.11. The SMILES string of the molecule is COC(C(C)C)C1(C(C)C)CCCC1. The Labute approximate surface area is 89.2 Å². The fourth-order valence-electron chi connectivity index (χ4n) is 3.39. The molecule has 0 aromatic rings. The van der Waals surface area contributed by atoms with E-state index in [0.29, 0.717) is 17.4 Å². The molecule has 1 aliphatic carbocycles. The van der Waals surface area contributed by atoms with Crippen LogP contribution < -0.4 is 0 Å². The van der Waals surface area contributed by atoms with Crippen molar-refractivity contribution in [2.24, 2.45) is 17.3 Å². The second-order valence-electron chi connectivity index (χ2n) is 5.50. The summed E-state index contributed by atoms with van der Waals surface area (Å²) in [5.41, 5.74) is 0.461. The van der Waals surface area contributed by atoms with Gasteiger partial charge in [-0.25, -0.2) is 0 Å². The van der Waals surface area contributed by atoms with Crippen LogP contribution >= 0.6 is 0 Å². The van der Waals surface area contributed by atoms with Crippen LogP contribution in [0, 0.1) is 17.3 Å². The highest BCUT2D eigenvalue weighted by Gasteiger charge is 2.45. The topological polar surface area (TPSA) is 9.23 Å². The molecule has 0 aromatic carbocycles. The second kappa shape index (κ2) is 4.65. The molecule has 0 spiro atoms. The zero-order valence-corrected chi connectivity index (χ0v) is 10.5. The second-order valence-corrected chi connectivity index (χ2v) is 5.50. The molecule has 1 aliphatic rings. The van der Waals surface area contributed by atoms with Crippen LogP contribution in [0.2, 0.25) is 0 Å². The maximum absolute atomic E-state index is 5.76. The van der Waals surface area contributed by atoms with E-state index in [1.807, 2.05) is 7.11 Å². The van der Waals surface area contributed by atoms with Gasteiger partial charge in [-0.2, -0.15) is 0 Å². The quantitative estimate of drug-likeness (QED) is 0.666. The van der Waals surface area contributed by atoms with E-state index in [4.69, 9.17) is 4.74 Å². The average Bonchev–Trinajstić information content (AvgIpc) is 2.54. The molecule has 0 bridgehead atoms. The Balaban J connectivity index is 2.84. The standard InChI is InChI=1S/C13H26O/c1-10(2)12(14-5)13(11(3)4)8-6-7-9-13/h10-12H,6-9H2,1-5H3. The maximum Gasteiger partial charge on any atom is 0.0652 e. The van der Waals surface area contributed by atoms with E-state index in [1.165, 1.54) is 25.7 Å². The molecule has 0 radical (unpaired) electrons. The molecule has 1 atom stereocenters. The van der Waals surface area contributed by atoms with E-state index >= 15 is 0 Å². The molecule has 1 rings (SSSR count). The van der Waals surface area contributed by atoms with Crippen molar-refractivity contribution in [1.29, 1.82) is 0 Å². The molecule has 0 aliphatic heterocycles. The lowest BCUT2D eigenvalue weighted by molar-refractivity contribution is -0.0644. The molecule has 0 saturated heterocycles. The number of rotatable bonds is 4. The van der Waals surface area contributed by atoms with Crippen molar-refractivity contribution in [3.63, 3.8) is 0 Å². The van der Waals surface area contributed by atoms with Gasteiger partial charge in [-0.05, 0) is 30.1 Å². The molecule has 84 valence electrons. The van der Waals surface area contributed by atoms with Gasteiger partial charge in [0.25, 0.3) is 0 Å². The zero-order chi connectivity index (χ0) is 10.8. The summed E-state index contributed by atoms with van der Waals surface area (Å²) in [5, 5.41) is 0. The Hall–Kier alpha value is -0.0400. The summed E-state index contributed by atoms with van der Waals surface area (Å²) >= 11 is 0.